The minimum Gasteiger partial charge on any atom is -0.356 e. The third-order valence-corrected chi connectivity index (χ3v) is 5.11. The summed E-state index contributed by atoms with van der Waals surface area (Å²) in [7, 11) is 0. The van der Waals surface area contributed by atoms with Crippen molar-refractivity contribution in [3.63, 3.8) is 0 Å². The molecule has 1 aromatic carbocycles. The molecule has 5 heteroatoms. The van der Waals surface area contributed by atoms with Gasteiger partial charge in [0.25, 0.3) is 0 Å². The van der Waals surface area contributed by atoms with Gasteiger partial charge in [-0.05, 0) is 30.9 Å². The molecule has 1 aliphatic rings. The van der Waals surface area contributed by atoms with E-state index in [1.54, 1.807) is 6.20 Å². The number of pyridine rings is 1. The summed E-state index contributed by atoms with van der Waals surface area (Å²) in [6.07, 6.45) is 5.72. The quantitative estimate of drug-likeness (QED) is 0.812. The predicted octanol–water partition coefficient (Wildman–Crippen LogP) is 2.93. The van der Waals surface area contributed by atoms with E-state index in [-0.39, 0.29) is 17.7 Å². The number of fused-ring (bicyclic) bond motifs is 1. The smallest absolute Gasteiger partial charge is 0.227 e. The summed E-state index contributed by atoms with van der Waals surface area (Å²) < 4.78 is 0. The standard InChI is InChI=1S/C21H27N3O2/c1-2-3-11-23-21(26)17-9-13-24(14-10-17)19(25)15-18-7-4-6-16-8-5-12-22-20(16)18/h4-8,12,17H,2-3,9-11,13-15H2,1H3,(H,23,26). The first-order valence-corrected chi connectivity index (χ1v) is 9.57. The van der Waals surface area contributed by atoms with Gasteiger partial charge in [-0.25, -0.2) is 0 Å². The number of likely N-dealkylation sites (tertiary alicyclic amines) is 1. The van der Waals surface area contributed by atoms with Crippen molar-refractivity contribution in [1.29, 1.82) is 0 Å². The lowest BCUT2D eigenvalue weighted by atomic mass is 9.95. The molecule has 0 bridgehead atoms. The molecule has 1 aliphatic heterocycles. The van der Waals surface area contributed by atoms with E-state index in [1.165, 1.54) is 0 Å². The van der Waals surface area contributed by atoms with Crippen LogP contribution in [0.5, 0.6) is 0 Å². The number of piperidine rings is 1. The number of benzene rings is 1. The van der Waals surface area contributed by atoms with Crippen LogP contribution in [0, 0.1) is 5.92 Å². The number of para-hydroxylation sites is 1. The SMILES string of the molecule is CCCCNC(=O)C1CCN(C(=O)Cc2cccc3cccnc23)CC1. The Balaban J connectivity index is 1.54. The molecule has 0 aliphatic carbocycles. The summed E-state index contributed by atoms with van der Waals surface area (Å²) in [6, 6.07) is 9.88. The van der Waals surface area contributed by atoms with Crippen molar-refractivity contribution < 1.29 is 9.59 Å². The molecule has 0 spiro atoms. The summed E-state index contributed by atoms with van der Waals surface area (Å²) in [5.41, 5.74) is 1.86. The first-order valence-electron chi connectivity index (χ1n) is 9.57. The summed E-state index contributed by atoms with van der Waals surface area (Å²) >= 11 is 0. The second-order valence-corrected chi connectivity index (χ2v) is 6.97. The molecule has 2 heterocycles. The fraction of sp³-hybridized carbons (Fsp3) is 0.476. The lowest BCUT2D eigenvalue weighted by molar-refractivity contribution is -0.135. The minimum absolute atomic E-state index is 0.0372. The third-order valence-electron chi connectivity index (χ3n) is 5.11. The third kappa shape index (κ3) is 4.40. The molecule has 1 aromatic heterocycles. The molecule has 0 saturated carbocycles. The van der Waals surface area contributed by atoms with Crippen molar-refractivity contribution >= 4 is 22.7 Å². The number of rotatable bonds is 6. The Bertz CT molecular complexity index is 761. The average molecular weight is 353 g/mol. The maximum atomic E-state index is 12.7. The van der Waals surface area contributed by atoms with Crippen LogP contribution in [-0.4, -0.2) is 41.3 Å². The zero-order valence-corrected chi connectivity index (χ0v) is 15.4. The van der Waals surface area contributed by atoms with Crippen LogP contribution < -0.4 is 5.32 Å². The van der Waals surface area contributed by atoms with Crippen molar-refractivity contribution in [2.24, 2.45) is 5.92 Å². The fourth-order valence-electron chi connectivity index (χ4n) is 3.51. The highest BCUT2D eigenvalue weighted by Gasteiger charge is 2.27. The summed E-state index contributed by atoms with van der Waals surface area (Å²) in [4.78, 5) is 31.2. The van der Waals surface area contributed by atoms with E-state index in [4.69, 9.17) is 0 Å². The van der Waals surface area contributed by atoms with E-state index in [0.717, 1.165) is 48.7 Å². The Morgan fingerprint density at radius 2 is 1.96 bits per heavy atom. The second kappa shape index (κ2) is 8.79. The monoisotopic (exact) mass is 353 g/mol. The highest BCUT2D eigenvalue weighted by Crippen LogP contribution is 2.20. The van der Waals surface area contributed by atoms with E-state index in [1.807, 2.05) is 35.2 Å². The molecule has 2 amide bonds. The van der Waals surface area contributed by atoms with Gasteiger partial charge in [0.05, 0.1) is 11.9 Å². The van der Waals surface area contributed by atoms with Gasteiger partial charge >= 0.3 is 0 Å². The van der Waals surface area contributed by atoms with Gasteiger partial charge in [0.2, 0.25) is 11.8 Å². The van der Waals surface area contributed by atoms with Crippen LogP contribution >= 0.6 is 0 Å². The van der Waals surface area contributed by atoms with Crippen molar-refractivity contribution in [3.05, 3.63) is 42.1 Å². The number of unbranched alkanes of at least 4 members (excludes halogenated alkanes) is 1. The minimum atomic E-state index is 0.0372. The summed E-state index contributed by atoms with van der Waals surface area (Å²) in [6.45, 7) is 4.18. The molecule has 3 rings (SSSR count). The van der Waals surface area contributed by atoms with E-state index in [0.29, 0.717) is 19.5 Å². The van der Waals surface area contributed by atoms with Crippen LogP contribution in [0.15, 0.2) is 36.5 Å². The van der Waals surface area contributed by atoms with Gasteiger partial charge in [0.1, 0.15) is 0 Å². The lowest BCUT2D eigenvalue weighted by Gasteiger charge is -2.31. The number of carbonyl (C=O) groups is 2. The van der Waals surface area contributed by atoms with Gasteiger partial charge in [-0.15, -0.1) is 0 Å². The molecule has 1 fully saturated rings. The largest absolute Gasteiger partial charge is 0.356 e. The Hall–Kier alpha value is -2.43. The van der Waals surface area contributed by atoms with E-state index >= 15 is 0 Å². The number of hydrogen-bond donors (Lipinski definition) is 1. The Morgan fingerprint density at radius 3 is 2.73 bits per heavy atom. The zero-order chi connectivity index (χ0) is 18.4. The molecule has 0 atom stereocenters. The number of hydrogen-bond acceptors (Lipinski definition) is 3. The van der Waals surface area contributed by atoms with Gasteiger partial charge < -0.3 is 10.2 Å². The number of amides is 2. The van der Waals surface area contributed by atoms with E-state index < -0.39 is 0 Å². The molecule has 138 valence electrons. The molecule has 0 radical (unpaired) electrons. The highest BCUT2D eigenvalue weighted by molar-refractivity contribution is 5.87. The lowest BCUT2D eigenvalue weighted by Crippen LogP contribution is -2.43. The molecule has 0 unspecified atom stereocenters. The number of aromatic nitrogens is 1. The summed E-state index contributed by atoms with van der Waals surface area (Å²) in [5.74, 6) is 0.298. The van der Waals surface area contributed by atoms with Crippen LogP contribution in [0.3, 0.4) is 0 Å². The van der Waals surface area contributed by atoms with Crippen LogP contribution in [0.2, 0.25) is 0 Å². The van der Waals surface area contributed by atoms with Crippen molar-refractivity contribution in [2.75, 3.05) is 19.6 Å². The number of carbonyl (C=O) groups excluding carboxylic acids is 2. The number of nitrogens with one attached hydrogen (secondary N) is 1. The Kier molecular flexibility index (Phi) is 6.21. The fourth-order valence-corrected chi connectivity index (χ4v) is 3.51. The van der Waals surface area contributed by atoms with Crippen molar-refractivity contribution in [2.45, 2.75) is 39.0 Å². The summed E-state index contributed by atoms with van der Waals surface area (Å²) in [5, 5.41) is 4.06. The van der Waals surface area contributed by atoms with Crippen molar-refractivity contribution in [3.8, 4) is 0 Å². The van der Waals surface area contributed by atoms with Crippen LogP contribution in [-0.2, 0) is 16.0 Å². The maximum Gasteiger partial charge on any atom is 0.227 e. The Morgan fingerprint density at radius 1 is 1.19 bits per heavy atom. The molecular formula is C21H27N3O2. The number of nitrogens with zero attached hydrogens (tertiary/aromatic N) is 2. The molecular weight excluding hydrogens is 326 g/mol. The maximum absolute atomic E-state index is 12.7. The zero-order valence-electron chi connectivity index (χ0n) is 15.4. The van der Waals surface area contributed by atoms with Gasteiger partial charge in [0, 0.05) is 37.1 Å². The van der Waals surface area contributed by atoms with E-state index in [2.05, 4.69) is 17.2 Å². The van der Waals surface area contributed by atoms with Gasteiger partial charge in [-0.3, -0.25) is 14.6 Å². The molecule has 2 aromatic rings. The Labute approximate surface area is 154 Å². The molecule has 26 heavy (non-hydrogen) atoms. The normalized spacial score (nSPS) is 15.2. The van der Waals surface area contributed by atoms with Crippen LogP contribution in [0.4, 0.5) is 0 Å². The first-order chi connectivity index (χ1) is 12.7. The second-order valence-electron chi connectivity index (χ2n) is 6.97. The van der Waals surface area contributed by atoms with Crippen LogP contribution in [0.1, 0.15) is 38.2 Å². The average Bonchev–Trinajstić information content (AvgIpc) is 2.68. The predicted molar refractivity (Wildman–Crippen MR) is 103 cm³/mol. The van der Waals surface area contributed by atoms with Gasteiger partial charge in [-0.2, -0.15) is 0 Å². The molecule has 5 nitrogen and oxygen atoms in total. The first kappa shape index (κ1) is 18.4. The van der Waals surface area contributed by atoms with E-state index in [9.17, 15) is 9.59 Å². The van der Waals surface area contributed by atoms with Gasteiger partial charge in [0.15, 0.2) is 0 Å². The molecule has 1 saturated heterocycles. The molecule has 1 N–H and O–H groups in total. The van der Waals surface area contributed by atoms with Crippen LogP contribution in [0.25, 0.3) is 10.9 Å². The van der Waals surface area contributed by atoms with Crippen molar-refractivity contribution in [1.82, 2.24) is 15.2 Å². The van der Waals surface area contributed by atoms with Gasteiger partial charge in [-0.1, -0.05) is 37.6 Å². The highest BCUT2D eigenvalue weighted by atomic mass is 16.2. The topological polar surface area (TPSA) is 62.3 Å².